The number of hydrogen-bond acceptors (Lipinski definition) is 2. The minimum absolute atomic E-state index is 0.0205. The topological polar surface area (TPSA) is 55.1 Å². The van der Waals surface area contributed by atoms with Crippen LogP contribution in [-0.4, -0.2) is 12.5 Å². The van der Waals surface area contributed by atoms with Gasteiger partial charge < -0.3 is 11.1 Å². The molecule has 3 heteroatoms. The van der Waals surface area contributed by atoms with Crippen LogP contribution in [0.5, 0.6) is 0 Å². The predicted molar refractivity (Wildman–Crippen MR) is 67.4 cm³/mol. The van der Waals surface area contributed by atoms with Crippen LogP contribution in [0.2, 0.25) is 0 Å². The summed E-state index contributed by atoms with van der Waals surface area (Å²) in [7, 11) is 0. The van der Waals surface area contributed by atoms with Crippen LogP contribution in [0, 0.1) is 0 Å². The highest BCUT2D eigenvalue weighted by Crippen LogP contribution is 2.23. The van der Waals surface area contributed by atoms with Crippen molar-refractivity contribution in [3.05, 3.63) is 29.8 Å². The van der Waals surface area contributed by atoms with E-state index in [0.29, 0.717) is 13.0 Å². The molecule has 0 fully saturated rings. The van der Waals surface area contributed by atoms with E-state index in [4.69, 9.17) is 5.73 Å². The van der Waals surface area contributed by atoms with Gasteiger partial charge in [-0.25, -0.2) is 0 Å². The van der Waals surface area contributed by atoms with Crippen molar-refractivity contribution in [1.29, 1.82) is 0 Å². The van der Waals surface area contributed by atoms with E-state index < -0.39 is 0 Å². The second-order valence-electron chi connectivity index (χ2n) is 4.57. The zero-order valence-corrected chi connectivity index (χ0v) is 10.2. The summed E-state index contributed by atoms with van der Waals surface area (Å²) in [4.78, 5) is 11.2. The smallest absolute Gasteiger partial charge is 0.224 e. The average Bonchev–Trinajstić information content (AvgIpc) is 2.29. The lowest BCUT2D eigenvalue weighted by atomic mass is 9.85. The summed E-state index contributed by atoms with van der Waals surface area (Å²) in [5.74, 6) is 0.0332. The molecule has 3 nitrogen and oxygen atoms in total. The summed E-state index contributed by atoms with van der Waals surface area (Å²) in [6.07, 6.45) is 0.496. The third-order valence-electron chi connectivity index (χ3n) is 2.78. The zero-order valence-electron chi connectivity index (χ0n) is 10.2. The maximum absolute atomic E-state index is 11.2. The van der Waals surface area contributed by atoms with Gasteiger partial charge in [-0.1, -0.05) is 32.9 Å². The van der Waals surface area contributed by atoms with E-state index in [0.717, 1.165) is 5.69 Å². The first-order valence-corrected chi connectivity index (χ1v) is 5.60. The summed E-state index contributed by atoms with van der Waals surface area (Å²) < 4.78 is 0. The number of anilines is 1. The maximum atomic E-state index is 11.2. The molecule has 0 atom stereocenters. The second kappa shape index (κ2) is 5.12. The molecule has 0 aromatic heterocycles. The van der Waals surface area contributed by atoms with Crippen LogP contribution in [0.1, 0.15) is 32.8 Å². The van der Waals surface area contributed by atoms with Gasteiger partial charge in [0.1, 0.15) is 0 Å². The highest BCUT2D eigenvalue weighted by molar-refractivity contribution is 5.90. The molecule has 1 aromatic rings. The standard InChI is InChI=1S/C13H20N2O/c1-4-12(16)15-11-7-5-10(6-8-11)13(2,3)9-14/h5-8H,4,9,14H2,1-3H3,(H,15,16). The average molecular weight is 220 g/mol. The monoisotopic (exact) mass is 220 g/mol. The van der Waals surface area contributed by atoms with Crippen LogP contribution in [0.15, 0.2) is 24.3 Å². The van der Waals surface area contributed by atoms with E-state index in [2.05, 4.69) is 19.2 Å². The summed E-state index contributed by atoms with van der Waals surface area (Å²) in [6.45, 7) is 6.65. The molecule has 0 heterocycles. The van der Waals surface area contributed by atoms with Gasteiger partial charge in [0, 0.05) is 24.1 Å². The molecule has 0 aliphatic heterocycles. The number of rotatable bonds is 4. The first kappa shape index (κ1) is 12.7. The summed E-state index contributed by atoms with van der Waals surface area (Å²) in [5.41, 5.74) is 7.71. The van der Waals surface area contributed by atoms with Gasteiger partial charge in [0.25, 0.3) is 0 Å². The molecule has 0 aliphatic rings. The lowest BCUT2D eigenvalue weighted by molar-refractivity contribution is -0.115. The van der Waals surface area contributed by atoms with Gasteiger partial charge in [0.05, 0.1) is 0 Å². The van der Waals surface area contributed by atoms with Crippen LogP contribution in [0.25, 0.3) is 0 Å². The Bertz CT molecular complexity index is 355. The number of benzene rings is 1. The molecule has 0 saturated heterocycles. The Hall–Kier alpha value is -1.35. The summed E-state index contributed by atoms with van der Waals surface area (Å²) >= 11 is 0. The van der Waals surface area contributed by atoms with E-state index in [-0.39, 0.29) is 11.3 Å². The molecule has 1 aromatic carbocycles. The highest BCUT2D eigenvalue weighted by atomic mass is 16.1. The number of hydrogen-bond donors (Lipinski definition) is 2. The minimum atomic E-state index is -0.0205. The minimum Gasteiger partial charge on any atom is -0.330 e. The Morgan fingerprint density at radius 3 is 2.31 bits per heavy atom. The fourth-order valence-corrected chi connectivity index (χ4v) is 1.37. The van der Waals surface area contributed by atoms with Gasteiger partial charge >= 0.3 is 0 Å². The molecule has 0 bridgehead atoms. The summed E-state index contributed by atoms with van der Waals surface area (Å²) in [6, 6.07) is 7.86. The SMILES string of the molecule is CCC(=O)Nc1ccc(C(C)(C)CN)cc1. The number of carbonyl (C=O) groups is 1. The molecule has 1 rings (SSSR count). The first-order valence-electron chi connectivity index (χ1n) is 5.60. The second-order valence-corrected chi connectivity index (χ2v) is 4.57. The lowest BCUT2D eigenvalue weighted by Crippen LogP contribution is -2.27. The quantitative estimate of drug-likeness (QED) is 0.817. The van der Waals surface area contributed by atoms with E-state index in [1.54, 1.807) is 0 Å². The molecule has 16 heavy (non-hydrogen) atoms. The van der Waals surface area contributed by atoms with E-state index >= 15 is 0 Å². The van der Waals surface area contributed by atoms with Crippen LogP contribution in [-0.2, 0) is 10.2 Å². The fraction of sp³-hybridized carbons (Fsp3) is 0.462. The molecule has 0 aliphatic carbocycles. The van der Waals surface area contributed by atoms with Crippen molar-refractivity contribution in [2.24, 2.45) is 5.73 Å². The van der Waals surface area contributed by atoms with Gasteiger partial charge in [-0.3, -0.25) is 4.79 Å². The number of nitrogens with one attached hydrogen (secondary N) is 1. The van der Waals surface area contributed by atoms with Gasteiger partial charge in [0.15, 0.2) is 0 Å². The van der Waals surface area contributed by atoms with Crippen LogP contribution < -0.4 is 11.1 Å². The summed E-state index contributed by atoms with van der Waals surface area (Å²) in [5, 5.41) is 2.82. The van der Waals surface area contributed by atoms with Gasteiger partial charge in [0.2, 0.25) is 5.91 Å². The third kappa shape index (κ3) is 3.07. The molecular weight excluding hydrogens is 200 g/mol. The van der Waals surface area contributed by atoms with Crippen molar-refractivity contribution in [2.75, 3.05) is 11.9 Å². The van der Waals surface area contributed by atoms with Crippen LogP contribution in [0.3, 0.4) is 0 Å². The Morgan fingerprint density at radius 2 is 1.88 bits per heavy atom. The molecule has 0 unspecified atom stereocenters. The van der Waals surface area contributed by atoms with Crippen LogP contribution in [0.4, 0.5) is 5.69 Å². The van der Waals surface area contributed by atoms with Gasteiger partial charge in [-0.15, -0.1) is 0 Å². The molecule has 0 spiro atoms. The number of carbonyl (C=O) groups excluding carboxylic acids is 1. The Labute approximate surface area is 97.0 Å². The highest BCUT2D eigenvalue weighted by Gasteiger charge is 2.17. The molecule has 0 radical (unpaired) electrons. The Balaban J connectivity index is 2.79. The fourth-order valence-electron chi connectivity index (χ4n) is 1.37. The molecule has 1 amide bonds. The molecule has 3 N–H and O–H groups in total. The first-order chi connectivity index (χ1) is 7.49. The van der Waals surface area contributed by atoms with E-state index in [9.17, 15) is 4.79 Å². The largest absolute Gasteiger partial charge is 0.330 e. The number of nitrogens with two attached hydrogens (primary N) is 1. The Morgan fingerprint density at radius 1 is 1.31 bits per heavy atom. The van der Waals surface area contributed by atoms with Crippen molar-refractivity contribution >= 4 is 11.6 Å². The van der Waals surface area contributed by atoms with Crippen molar-refractivity contribution < 1.29 is 4.79 Å². The van der Waals surface area contributed by atoms with E-state index in [1.807, 2.05) is 31.2 Å². The van der Waals surface area contributed by atoms with Crippen LogP contribution >= 0.6 is 0 Å². The molecule has 88 valence electrons. The maximum Gasteiger partial charge on any atom is 0.224 e. The van der Waals surface area contributed by atoms with Crippen molar-refractivity contribution in [1.82, 2.24) is 0 Å². The molecule has 0 saturated carbocycles. The Kier molecular flexibility index (Phi) is 4.07. The predicted octanol–water partition coefficient (Wildman–Crippen LogP) is 2.27. The van der Waals surface area contributed by atoms with Crippen molar-refractivity contribution in [3.8, 4) is 0 Å². The lowest BCUT2D eigenvalue weighted by Gasteiger charge is -2.23. The molecular formula is C13H20N2O. The third-order valence-corrected chi connectivity index (χ3v) is 2.78. The van der Waals surface area contributed by atoms with E-state index in [1.165, 1.54) is 5.56 Å². The van der Waals surface area contributed by atoms with Gasteiger partial charge in [-0.05, 0) is 17.7 Å². The number of amides is 1. The van der Waals surface area contributed by atoms with Crippen molar-refractivity contribution in [3.63, 3.8) is 0 Å². The zero-order chi connectivity index (χ0) is 12.2. The van der Waals surface area contributed by atoms with Gasteiger partial charge in [-0.2, -0.15) is 0 Å². The van der Waals surface area contributed by atoms with Crippen molar-refractivity contribution in [2.45, 2.75) is 32.6 Å². The normalized spacial score (nSPS) is 11.2.